The summed E-state index contributed by atoms with van der Waals surface area (Å²) in [5, 5.41) is 11.9. The smallest absolute Gasteiger partial charge is 0.306 e. The molecule has 9 unspecified atom stereocenters. The highest BCUT2D eigenvalue weighted by Crippen LogP contribution is 2.75. The van der Waals surface area contributed by atoms with Gasteiger partial charge in [-0.15, -0.1) is 0 Å². The number of aliphatic hydroxyl groups is 1. The summed E-state index contributed by atoms with van der Waals surface area (Å²) in [4.78, 5) is 13.2. The molecule has 5 aliphatic rings. The van der Waals surface area contributed by atoms with E-state index in [9.17, 15) is 9.90 Å². The number of ether oxygens (including phenoxy) is 1. The summed E-state index contributed by atoms with van der Waals surface area (Å²) in [6.07, 6.45) is 30.5. The molecule has 0 aromatic heterocycles. The molecule has 0 saturated heterocycles. The number of hydrogen-bond acceptors (Lipinski definition) is 3. The fourth-order valence-corrected chi connectivity index (χ4v) is 13.3. The Balaban J connectivity index is 1.14. The number of rotatable bonds is 15. The molecule has 282 valence electrons. The van der Waals surface area contributed by atoms with Crippen molar-refractivity contribution in [2.24, 2.45) is 50.2 Å². The lowest BCUT2D eigenvalue weighted by Gasteiger charge is -2.72. The second-order valence-corrected chi connectivity index (χ2v) is 20.8. The molecule has 4 fully saturated rings. The molecule has 9 atom stereocenters. The highest BCUT2D eigenvalue weighted by atomic mass is 16.5. The van der Waals surface area contributed by atoms with Crippen LogP contribution in [0.2, 0.25) is 0 Å². The maximum absolute atomic E-state index is 13.2. The fraction of sp³-hybridized carbons (Fsp3) is 0.935. The Morgan fingerprint density at radius 1 is 0.714 bits per heavy atom. The molecule has 0 heterocycles. The summed E-state index contributed by atoms with van der Waals surface area (Å²) >= 11 is 0. The number of hydrogen-bond donors (Lipinski definition) is 1. The largest absolute Gasteiger partial charge is 0.462 e. The van der Waals surface area contributed by atoms with Crippen molar-refractivity contribution >= 4 is 5.97 Å². The Morgan fingerprint density at radius 2 is 1.31 bits per heavy atom. The van der Waals surface area contributed by atoms with Gasteiger partial charge in [0, 0.05) is 17.3 Å². The molecule has 5 aliphatic carbocycles. The van der Waals surface area contributed by atoms with Gasteiger partial charge in [-0.2, -0.15) is 0 Å². The van der Waals surface area contributed by atoms with Gasteiger partial charge in [-0.3, -0.25) is 4.79 Å². The molecule has 1 N–H and O–H groups in total. The van der Waals surface area contributed by atoms with E-state index in [-0.39, 0.29) is 45.3 Å². The molecule has 0 bridgehead atoms. The van der Waals surface area contributed by atoms with E-state index in [1.807, 2.05) is 0 Å². The van der Waals surface area contributed by atoms with Crippen molar-refractivity contribution in [1.29, 1.82) is 0 Å². The summed E-state index contributed by atoms with van der Waals surface area (Å²) in [6.45, 7) is 22.3. The van der Waals surface area contributed by atoms with E-state index in [0.717, 1.165) is 38.5 Å². The van der Waals surface area contributed by atoms with Crippen molar-refractivity contribution in [2.45, 2.75) is 222 Å². The van der Waals surface area contributed by atoms with Gasteiger partial charge in [-0.25, -0.2) is 0 Å². The van der Waals surface area contributed by atoms with E-state index in [1.165, 1.54) is 103 Å². The van der Waals surface area contributed by atoms with E-state index in [1.54, 1.807) is 5.57 Å². The minimum Gasteiger partial charge on any atom is -0.462 e. The molecule has 0 spiro atoms. The van der Waals surface area contributed by atoms with Crippen molar-refractivity contribution in [3.8, 4) is 0 Å². The topological polar surface area (TPSA) is 46.5 Å². The van der Waals surface area contributed by atoms with Crippen molar-refractivity contribution in [3.05, 3.63) is 11.6 Å². The zero-order valence-electron chi connectivity index (χ0n) is 34.0. The number of unbranched alkanes of at least 4 members (excludes halogenated alkanes) is 12. The lowest BCUT2D eigenvalue weighted by Crippen LogP contribution is -2.66. The molecule has 5 rings (SSSR count). The number of fused-ring (bicyclic) bond motifs is 7. The van der Waals surface area contributed by atoms with Crippen LogP contribution in [0, 0.1) is 50.2 Å². The second kappa shape index (κ2) is 15.3. The van der Waals surface area contributed by atoms with Crippen LogP contribution < -0.4 is 0 Å². The number of carbonyl (C=O) groups is 1. The summed E-state index contributed by atoms with van der Waals surface area (Å²) in [7, 11) is 0. The van der Waals surface area contributed by atoms with Crippen molar-refractivity contribution in [3.63, 3.8) is 0 Å². The van der Waals surface area contributed by atoms with Crippen LogP contribution in [0.1, 0.15) is 210 Å². The summed E-state index contributed by atoms with van der Waals surface area (Å²) < 4.78 is 6.39. The maximum atomic E-state index is 13.2. The van der Waals surface area contributed by atoms with Gasteiger partial charge in [0.15, 0.2) is 0 Å². The molecule has 3 heteroatoms. The third kappa shape index (κ3) is 7.51. The van der Waals surface area contributed by atoms with Gasteiger partial charge >= 0.3 is 5.97 Å². The monoisotopic (exact) mass is 681 g/mol. The normalized spacial score (nSPS) is 40.7. The molecule has 0 aromatic carbocycles. The van der Waals surface area contributed by atoms with Crippen LogP contribution in [0.25, 0.3) is 0 Å². The first-order valence-electron chi connectivity index (χ1n) is 21.6. The molecule has 0 radical (unpaired) electrons. The van der Waals surface area contributed by atoms with Gasteiger partial charge in [0.2, 0.25) is 0 Å². The van der Waals surface area contributed by atoms with Crippen LogP contribution in [0.5, 0.6) is 0 Å². The van der Waals surface area contributed by atoms with Gasteiger partial charge in [0.1, 0.15) is 6.10 Å². The molecule has 0 amide bonds. The molecule has 3 nitrogen and oxygen atoms in total. The van der Waals surface area contributed by atoms with E-state index < -0.39 is 0 Å². The van der Waals surface area contributed by atoms with Crippen LogP contribution in [-0.4, -0.2) is 23.3 Å². The van der Waals surface area contributed by atoms with Crippen LogP contribution in [0.4, 0.5) is 0 Å². The van der Waals surface area contributed by atoms with Gasteiger partial charge in [0.25, 0.3) is 0 Å². The van der Waals surface area contributed by atoms with Crippen LogP contribution >= 0.6 is 0 Å². The Morgan fingerprint density at radius 3 is 1.92 bits per heavy atom. The molecule has 4 saturated carbocycles. The third-order valence-electron chi connectivity index (χ3n) is 16.8. The highest BCUT2D eigenvalue weighted by molar-refractivity contribution is 5.69. The first-order valence-corrected chi connectivity index (χ1v) is 21.6. The lowest BCUT2D eigenvalue weighted by molar-refractivity contribution is -0.220. The Labute approximate surface area is 304 Å². The van der Waals surface area contributed by atoms with E-state index in [4.69, 9.17) is 4.74 Å². The minimum absolute atomic E-state index is 0.0159. The standard InChI is InChI=1S/C46H80O3/c1-10-11-12-13-14-15-16-17-18-19-20-21-22-23-40(48)49-39-27-28-44(7)36(42(39,4)5)26-29-45(8)37(44)25-24-34-35-32-41(2,3)30-31-43(35,6)38(47)33-46(34,45)9/h24,35-39,47H,10-23,25-33H2,1-9H3. The van der Waals surface area contributed by atoms with E-state index in [0.29, 0.717) is 29.6 Å². The van der Waals surface area contributed by atoms with Crippen molar-refractivity contribution in [2.75, 3.05) is 0 Å². The van der Waals surface area contributed by atoms with Crippen molar-refractivity contribution < 1.29 is 14.6 Å². The Bertz CT molecular complexity index is 1150. The zero-order valence-corrected chi connectivity index (χ0v) is 34.0. The first kappa shape index (κ1) is 39.4. The number of allylic oxidation sites excluding steroid dienone is 2. The first-order chi connectivity index (χ1) is 23.1. The Kier molecular flexibility index (Phi) is 12.3. The third-order valence-corrected chi connectivity index (χ3v) is 16.8. The maximum Gasteiger partial charge on any atom is 0.306 e. The SMILES string of the molecule is CCCCCCCCCCCCCCCC(=O)OC1CCC2(C)C(CCC3(C)C2CC=C2C4CC(C)(C)CCC4(C)C(O)CC23C)C1(C)C. The molecule has 0 aliphatic heterocycles. The average Bonchev–Trinajstić information content (AvgIpc) is 3.02. The summed E-state index contributed by atoms with van der Waals surface area (Å²) in [6, 6.07) is 0. The lowest BCUT2D eigenvalue weighted by atomic mass is 9.33. The average molecular weight is 681 g/mol. The van der Waals surface area contributed by atoms with Gasteiger partial charge < -0.3 is 9.84 Å². The quantitative estimate of drug-likeness (QED) is 0.106. The molecule has 0 aromatic rings. The van der Waals surface area contributed by atoms with Crippen LogP contribution in [-0.2, 0) is 9.53 Å². The molecular formula is C46H80O3. The van der Waals surface area contributed by atoms with Gasteiger partial charge in [0.05, 0.1) is 6.10 Å². The zero-order chi connectivity index (χ0) is 35.7. The molecule has 49 heavy (non-hydrogen) atoms. The minimum atomic E-state index is -0.224. The fourth-order valence-electron chi connectivity index (χ4n) is 13.3. The molecular weight excluding hydrogens is 601 g/mol. The van der Waals surface area contributed by atoms with E-state index >= 15 is 0 Å². The predicted molar refractivity (Wildman–Crippen MR) is 206 cm³/mol. The van der Waals surface area contributed by atoms with Crippen LogP contribution in [0.15, 0.2) is 11.6 Å². The van der Waals surface area contributed by atoms with Crippen LogP contribution in [0.3, 0.4) is 0 Å². The summed E-state index contributed by atoms with van der Waals surface area (Å²) in [5.74, 6) is 1.68. The second-order valence-electron chi connectivity index (χ2n) is 20.8. The number of carbonyl (C=O) groups excluding carboxylic acids is 1. The van der Waals surface area contributed by atoms with Gasteiger partial charge in [-0.1, -0.05) is 151 Å². The van der Waals surface area contributed by atoms with Gasteiger partial charge in [-0.05, 0) is 104 Å². The predicted octanol–water partition coefficient (Wildman–Crippen LogP) is 13.2. The number of esters is 1. The van der Waals surface area contributed by atoms with E-state index in [2.05, 4.69) is 68.4 Å². The Hall–Kier alpha value is -0.830. The number of aliphatic hydroxyl groups excluding tert-OH is 1. The highest BCUT2D eigenvalue weighted by Gasteiger charge is 2.69. The van der Waals surface area contributed by atoms with Crippen molar-refractivity contribution in [1.82, 2.24) is 0 Å². The summed E-state index contributed by atoms with van der Waals surface area (Å²) in [5.41, 5.74) is 2.49.